The van der Waals surface area contributed by atoms with Crippen molar-refractivity contribution in [1.82, 2.24) is 5.32 Å². The maximum atomic E-state index is 11.8. The quantitative estimate of drug-likeness (QED) is 0.782. The summed E-state index contributed by atoms with van der Waals surface area (Å²) in [6.07, 6.45) is 3.57. The molecular weight excluding hydrogens is 240 g/mol. The van der Waals surface area contributed by atoms with E-state index in [0.717, 1.165) is 11.3 Å². The molecule has 19 heavy (non-hydrogen) atoms. The Hall–Kier alpha value is -1.55. The second-order valence-corrected chi connectivity index (χ2v) is 5.12. The highest BCUT2D eigenvalue weighted by Gasteiger charge is 2.28. The zero-order valence-corrected chi connectivity index (χ0v) is 11.4. The molecule has 1 amide bonds. The van der Waals surface area contributed by atoms with Gasteiger partial charge in [-0.25, -0.2) is 0 Å². The fraction of sp³-hybridized carbons (Fsp3) is 0.533. The van der Waals surface area contributed by atoms with Crippen molar-refractivity contribution < 1.29 is 9.53 Å². The first kappa shape index (κ1) is 13.9. The molecule has 1 aromatic carbocycles. The molecule has 0 spiro atoms. The van der Waals surface area contributed by atoms with Crippen LogP contribution in [0.3, 0.4) is 0 Å². The third-order valence-corrected chi connectivity index (χ3v) is 3.58. The molecule has 2 rings (SSSR count). The van der Waals surface area contributed by atoms with Gasteiger partial charge in [0, 0.05) is 19.0 Å². The number of aryl methyl sites for hydroxylation is 1. The summed E-state index contributed by atoms with van der Waals surface area (Å²) < 4.78 is 5.26. The molecule has 0 bridgehead atoms. The summed E-state index contributed by atoms with van der Waals surface area (Å²) in [5.41, 5.74) is 7.01. The molecule has 4 heteroatoms. The van der Waals surface area contributed by atoms with Gasteiger partial charge in [0.15, 0.2) is 0 Å². The number of hydrogen-bond acceptors (Lipinski definition) is 3. The Morgan fingerprint density at radius 1 is 1.47 bits per heavy atom. The van der Waals surface area contributed by atoms with Gasteiger partial charge in [0.25, 0.3) is 0 Å². The number of methoxy groups -OCH3 is 1. The van der Waals surface area contributed by atoms with Gasteiger partial charge in [-0.05, 0) is 36.8 Å². The lowest BCUT2D eigenvalue weighted by Gasteiger charge is -2.12. The molecule has 1 aliphatic rings. The van der Waals surface area contributed by atoms with E-state index in [-0.39, 0.29) is 11.9 Å². The molecule has 0 heterocycles. The van der Waals surface area contributed by atoms with E-state index < -0.39 is 0 Å². The Morgan fingerprint density at radius 3 is 2.89 bits per heavy atom. The Kier molecular flexibility index (Phi) is 4.80. The summed E-state index contributed by atoms with van der Waals surface area (Å²) in [4.78, 5) is 11.8. The normalized spacial score (nSPS) is 15.9. The van der Waals surface area contributed by atoms with Crippen LogP contribution in [-0.2, 0) is 11.2 Å². The standard InChI is InChI=1S/C15H22N2O2/c1-19-14-5-3-2-4-12(14)8-9-15(18)17-10-13(16)11-6-7-11/h2-5,11,13H,6-10,16H2,1H3,(H,17,18). The molecule has 1 saturated carbocycles. The lowest BCUT2D eigenvalue weighted by Crippen LogP contribution is -2.38. The first-order chi connectivity index (χ1) is 9.20. The summed E-state index contributed by atoms with van der Waals surface area (Å²) >= 11 is 0. The lowest BCUT2D eigenvalue weighted by molar-refractivity contribution is -0.121. The van der Waals surface area contributed by atoms with E-state index in [0.29, 0.717) is 25.3 Å². The van der Waals surface area contributed by atoms with Gasteiger partial charge in [0.2, 0.25) is 5.91 Å². The number of benzene rings is 1. The van der Waals surface area contributed by atoms with Crippen LogP contribution in [0.5, 0.6) is 5.75 Å². The Bertz CT molecular complexity index is 430. The number of carbonyl (C=O) groups is 1. The second kappa shape index (κ2) is 6.57. The van der Waals surface area contributed by atoms with Crippen molar-refractivity contribution in [2.24, 2.45) is 11.7 Å². The van der Waals surface area contributed by atoms with Crippen LogP contribution in [0.2, 0.25) is 0 Å². The summed E-state index contributed by atoms with van der Waals surface area (Å²) in [6.45, 7) is 0.593. The molecule has 3 N–H and O–H groups in total. The van der Waals surface area contributed by atoms with Crippen molar-refractivity contribution in [2.75, 3.05) is 13.7 Å². The van der Waals surface area contributed by atoms with Crippen molar-refractivity contribution in [3.05, 3.63) is 29.8 Å². The first-order valence-corrected chi connectivity index (χ1v) is 6.85. The van der Waals surface area contributed by atoms with Crippen LogP contribution in [0, 0.1) is 5.92 Å². The van der Waals surface area contributed by atoms with Gasteiger partial charge in [-0.2, -0.15) is 0 Å². The largest absolute Gasteiger partial charge is 0.496 e. The van der Waals surface area contributed by atoms with Gasteiger partial charge < -0.3 is 15.8 Å². The molecule has 0 aromatic heterocycles. The number of ether oxygens (including phenoxy) is 1. The molecule has 1 fully saturated rings. The van der Waals surface area contributed by atoms with E-state index in [4.69, 9.17) is 10.5 Å². The van der Waals surface area contributed by atoms with Gasteiger partial charge in [0.05, 0.1) is 7.11 Å². The maximum Gasteiger partial charge on any atom is 0.220 e. The number of nitrogens with one attached hydrogen (secondary N) is 1. The van der Waals surface area contributed by atoms with E-state index in [9.17, 15) is 4.79 Å². The zero-order valence-electron chi connectivity index (χ0n) is 11.4. The summed E-state index contributed by atoms with van der Waals surface area (Å²) in [5.74, 6) is 1.52. The Balaban J connectivity index is 1.73. The summed E-state index contributed by atoms with van der Waals surface area (Å²) in [7, 11) is 1.65. The highest BCUT2D eigenvalue weighted by molar-refractivity contribution is 5.76. The Labute approximate surface area is 114 Å². The monoisotopic (exact) mass is 262 g/mol. The maximum absolute atomic E-state index is 11.8. The van der Waals surface area contributed by atoms with Gasteiger partial charge in [-0.1, -0.05) is 18.2 Å². The van der Waals surface area contributed by atoms with Crippen molar-refractivity contribution in [2.45, 2.75) is 31.7 Å². The third kappa shape index (κ3) is 4.24. The van der Waals surface area contributed by atoms with Crippen LogP contribution in [0.4, 0.5) is 0 Å². The van der Waals surface area contributed by atoms with Crippen LogP contribution in [0.1, 0.15) is 24.8 Å². The molecule has 0 radical (unpaired) electrons. The lowest BCUT2D eigenvalue weighted by atomic mass is 10.1. The highest BCUT2D eigenvalue weighted by Crippen LogP contribution is 2.31. The minimum absolute atomic E-state index is 0.0574. The molecule has 104 valence electrons. The van der Waals surface area contributed by atoms with E-state index >= 15 is 0 Å². The number of carbonyl (C=O) groups excluding carboxylic acids is 1. The number of amides is 1. The topological polar surface area (TPSA) is 64.3 Å². The predicted octanol–water partition coefficient (Wildman–Crippen LogP) is 1.48. The number of hydrogen-bond donors (Lipinski definition) is 2. The van der Waals surface area contributed by atoms with Crippen molar-refractivity contribution in [3.63, 3.8) is 0 Å². The molecule has 4 nitrogen and oxygen atoms in total. The zero-order chi connectivity index (χ0) is 13.7. The summed E-state index contributed by atoms with van der Waals surface area (Å²) in [6, 6.07) is 7.91. The predicted molar refractivity (Wildman–Crippen MR) is 75.0 cm³/mol. The van der Waals surface area contributed by atoms with Crippen molar-refractivity contribution in [3.8, 4) is 5.75 Å². The van der Waals surface area contributed by atoms with Gasteiger partial charge in [-0.3, -0.25) is 4.79 Å². The number of rotatable bonds is 7. The van der Waals surface area contributed by atoms with Crippen LogP contribution in [0.15, 0.2) is 24.3 Å². The minimum Gasteiger partial charge on any atom is -0.496 e. The number of para-hydroxylation sites is 1. The number of nitrogens with two attached hydrogens (primary N) is 1. The van der Waals surface area contributed by atoms with E-state index in [1.165, 1.54) is 12.8 Å². The average Bonchev–Trinajstić information content (AvgIpc) is 3.27. The minimum atomic E-state index is 0.0574. The SMILES string of the molecule is COc1ccccc1CCC(=O)NCC(N)C1CC1. The molecule has 1 aromatic rings. The van der Waals surface area contributed by atoms with Crippen molar-refractivity contribution in [1.29, 1.82) is 0 Å². The molecule has 0 saturated heterocycles. The van der Waals surface area contributed by atoms with Gasteiger partial charge in [0.1, 0.15) is 5.75 Å². The fourth-order valence-corrected chi connectivity index (χ4v) is 2.17. The fourth-order valence-electron chi connectivity index (χ4n) is 2.17. The smallest absolute Gasteiger partial charge is 0.220 e. The van der Waals surface area contributed by atoms with E-state index in [1.807, 2.05) is 24.3 Å². The van der Waals surface area contributed by atoms with E-state index in [1.54, 1.807) is 7.11 Å². The molecule has 0 aliphatic heterocycles. The third-order valence-electron chi connectivity index (χ3n) is 3.58. The molecule has 1 aliphatic carbocycles. The molecular formula is C15H22N2O2. The summed E-state index contributed by atoms with van der Waals surface area (Å²) in [5, 5.41) is 2.91. The van der Waals surface area contributed by atoms with Crippen molar-refractivity contribution >= 4 is 5.91 Å². The molecule has 1 atom stereocenters. The van der Waals surface area contributed by atoms with Crippen LogP contribution < -0.4 is 15.8 Å². The average molecular weight is 262 g/mol. The van der Waals surface area contributed by atoms with E-state index in [2.05, 4.69) is 5.32 Å². The molecule has 1 unspecified atom stereocenters. The van der Waals surface area contributed by atoms with Crippen LogP contribution >= 0.6 is 0 Å². The Morgan fingerprint density at radius 2 is 2.21 bits per heavy atom. The second-order valence-electron chi connectivity index (χ2n) is 5.12. The van der Waals surface area contributed by atoms with Crippen LogP contribution in [-0.4, -0.2) is 25.6 Å². The van der Waals surface area contributed by atoms with Crippen LogP contribution in [0.25, 0.3) is 0 Å². The first-order valence-electron chi connectivity index (χ1n) is 6.85. The van der Waals surface area contributed by atoms with Gasteiger partial charge >= 0.3 is 0 Å². The van der Waals surface area contributed by atoms with Gasteiger partial charge in [-0.15, -0.1) is 0 Å². The highest BCUT2D eigenvalue weighted by atomic mass is 16.5.